The summed E-state index contributed by atoms with van der Waals surface area (Å²) in [5.74, 6) is -0.129. The number of carbonyl (C=O) groups excluding carboxylic acids is 1. The average Bonchev–Trinajstić information content (AvgIpc) is 2.91. The van der Waals surface area contributed by atoms with Gasteiger partial charge in [0.25, 0.3) is 5.91 Å². The van der Waals surface area contributed by atoms with Gasteiger partial charge in [0.1, 0.15) is 0 Å². The number of nitrogens with two attached hydrogens (primary N) is 1. The lowest BCUT2D eigenvalue weighted by Crippen LogP contribution is -2.47. The summed E-state index contributed by atoms with van der Waals surface area (Å²) in [6.07, 6.45) is 4.54. The zero-order valence-corrected chi connectivity index (χ0v) is 13.3. The smallest absolute Gasteiger partial charge is 0.251 e. The molecular formula is C15H19Cl2N3O. The van der Waals surface area contributed by atoms with Crippen molar-refractivity contribution in [3.05, 3.63) is 27.7 Å². The minimum Gasteiger partial charge on any atom is -0.396 e. The van der Waals surface area contributed by atoms with Crippen LogP contribution in [-0.2, 0) is 0 Å². The molecule has 21 heavy (non-hydrogen) atoms. The van der Waals surface area contributed by atoms with Crippen molar-refractivity contribution in [2.24, 2.45) is 0 Å². The third-order valence-electron chi connectivity index (χ3n) is 4.50. The largest absolute Gasteiger partial charge is 0.396 e. The van der Waals surface area contributed by atoms with Gasteiger partial charge in [-0.2, -0.15) is 0 Å². The van der Waals surface area contributed by atoms with Crippen LogP contribution in [-0.4, -0.2) is 36.0 Å². The molecular weight excluding hydrogens is 309 g/mol. The summed E-state index contributed by atoms with van der Waals surface area (Å²) in [5.41, 5.74) is 6.47. The number of fused-ring (bicyclic) bond motifs is 1. The Morgan fingerprint density at radius 1 is 1.24 bits per heavy atom. The molecule has 1 aromatic carbocycles. The summed E-state index contributed by atoms with van der Waals surface area (Å²) >= 11 is 12.0. The summed E-state index contributed by atoms with van der Waals surface area (Å²) in [6, 6.07) is 4.00. The Bertz CT molecular complexity index is 541. The van der Waals surface area contributed by atoms with Crippen molar-refractivity contribution in [1.82, 2.24) is 10.2 Å². The number of amides is 1. The Hall–Kier alpha value is -0.970. The highest BCUT2D eigenvalue weighted by Crippen LogP contribution is 2.30. The lowest BCUT2D eigenvalue weighted by Gasteiger charge is -2.35. The van der Waals surface area contributed by atoms with Crippen molar-refractivity contribution in [2.45, 2.75) is 37.8 Å². The fraction of sp³-hybridized carbons (Fsp3) is 0.533. The molecule has 1 aromatic rings. The van der Waals surface area contributed by atoms with E-state index in [1.54, 1.807) is 12.1 Å². The summed E-state index contributed by atoms with van der Waals surface area (Å²) in [4.78, 5) is 14.9. The predicted octanol–water partition coefficient (Wildman–Crippen LogP) is 2.93. The number of rotatable bonds is 2. The molecule has 2 aliphatic rings. The topological polar surface area (TPSA) is 58.4 Å². The molecule has 1 amide bonds. The van der Waals surface area contributed by atoms with Crippen LogP contribution in [0.25, 0.3) is 0 Å². The van der Waals surface area contributed by atoms with Crippen molar-refractivity contribution >= 4 is 34.8 Å². The predicted molar refractivity (Wildman–Crippen MR) is 86.0 cm³/mol. The highest BCUT2D eigenvalue weighted by molar-refractivity contribution is 6.39. The number of halogens is 2. The van der Waals surface area contributed by atoms with Crippen LogP contribution < -0.4 is 11.1 Å². The van der Waals surface area contributed by atoms with Crippen molar-refractivity contribution in [2.75, 3.05) is 18.8 Å². The van der Waals surface area contributed by atoms with E-state index >= 15 is 0 Å². The normalized spacial score (nSPS) is 25.6. The van der Waals surface area contributed by atoms with Gasteiger partial charge in [-0.1, -0.05) is 23.2 Å². The summed E-state index contributed by atoms with van der Waals surface area (Å²) in [7, 11) is 0. The highest BCUT2D eigenvalue weighted by Gasteiger charge is 2.32. The fourth-order valence-electron chi connectivity index (χ4n) is 3.34. The SMILES string of the molecule is Nc1c(Cl)cc(C(=O)NC2CCN3CCCC3C2)cc1Cl. The minimum absolute atomic E-state index is 0.129. The zero-order chi connectivity index (χ0) is 15.0. The molecule has 2 saturated heterocycles. The molecule has 0 saturated carbocycles. The van der Waals surface area contributed by atoms with Gasteiger partial charge in [-0.3, -0.25) is 4.79 Å². The monoisotopic (exact) mass is 327 g/mol. The van der Waals surface area contributed by atoms with Gasteiger partial charge in [0, 0.05) is 24.2 Å². The third-order valence-corrected chi connectivity index (χ3v) is 5.12. The molecule has 2 atom stereocenters. The highest BCUT2D eigenvalue weighted by atomic mass is 35.5. The molecule has 114 valence electrons. The van der Waals surface area contributed by atoms with Gasteiger partial charge in [0.2, 0.25) is 0 Å². The number of hydrogen-bond acceptors (Lipinski definition) is 3. The van der Waals surface area contributed by atoms with Crippen LogP contribution >= 0.6 is 23.2 Å². The van der Waals surface area contributed by atoms with E-state index in [2.05, 4.69) is 10.2 Å². The maximum Gasteiger partial charge on any atom is 0.251 e. The molecule has 3 rings (SSSR count). The molecule has 2 unspecified atom stereocenters. The van der Waals surface area contributed by atoms with Gasteiger partial charge in [-0.05, 0) is 44.4 Å². The second-order valence-corrected chi connectivity index (χ2v) is 6.69. The lowest BCUT2D eigenvalue weighted by molar-refractivity contribution is 0.0896. The van der Waals surface area contributed by atoms with Crippen LogP contribution in [0.3, 0.4) is 0 Å². The van der Waals surface area contributed by atoms with Crippen LogP contribution in [0.2, 0.25) is 10.0 Å². The van der Waals surface area contributed by atoms with Crippen molar-refractivity contribution < 1.29 is 4.79 Å². The number of nitrogens with zero attached hydrogens (tertiary/aromatic N) is 1. The number of anilines is 1. The van der Waals surface area contributed by atoms with Crippen LogP contribution in [0.15, 0.2) is 12.1 Å². The molecule has 2 heterocycles. The number of piperidine rings is 1. The molecule has 0 bridgehead atoms. The molecule has 0 aromatic heterocycles. The van der Waals surface area contributed by atoms with Gasteiger partial charge < -0.3 is 16.0 Å². The summed E-state index contributed by atoms with van der Waals surface area (Å²) < 4.78 is 0. The summed E-state index contributed by atoms with van der Waals surface area (Å²) in [6.45, 7) is 2.27. The Labute approximate surface area is 134 Å². The van der Waals surface area contributed by atoms with E-state index < -0.39 is 0 Å². The Morgan fingerprint density at radius 2 is 1.95 bits per heavy atom. The number of nitrogen functional groups attached to an aromatic ring is 1. The first kappa shape index (κ1) is 14.9. The van der Waals surface area contributed by atoms with Crippen molar-refractivity contribution in [3.63, 3.8) is 0 Å². The van der Waals surface area contributed by atoms with E-state index in [-0.39, 0.29) is 11.9 Å². The Kier molecular flexibility index (Phi) is 4.29. The van der Waals surface area contributed by atoms with E-state index in [1.807, 2.05) is 0 Å². The maximum absolute atomic E-state index is 12.3. The lowest BCUT2D eigenvalue weighted by atomic mass is 9.97. The fourth-order valence-corrected chi connectivity index (χ4v) is 3.83. The molecule has 6 heteroatoms. The zero-order valence-electron chi connectivity index (χ0n) is 11.7. The van der Waals surface area contributed by atoms with Gasteiger partial charge in [0.15, 0.2) is 0 Å². The van der Waals surface area contributed by atoms with Gasteiger partial charge >= 0.3 is 0 Å². The molecule has 0 radical (unpaired) electrons. The second-order valence-electron chi connectivity index (χ2n) is 5.88. The van der Waals surface area contributed by atoms with Crippen LogP contribution in [0.4, 0.5) is 5.69 Å². The number of carbonyl (C=O) groups is 1. The maximum atomic E-state index is 12.3. The number of hydrogen-bond donors (Lipinski definition) is 2. The van der Waals surface area contributed by atoms with Gasteiger partial charge in [-0.25, -0.2) is 0 Å². The molecule has 3 N–H and O–H groups in total. The van der Waals surface area contributed by atoms with E-state index in [0.29, 0.717) is 27.3 Å². The average molecular weight is 328 g/mol. The molecule has 0 spiro atoms. The second kappa shape index (κ2) is 6.03. The van der Waals surface area contributed by atoms with Gasteiger partial charge in [-0.15, -0.1) is 0 Å². The molecule has 2 aliphatic heterocycles. The van der Waals surface area contributed by atoms with Crippen LogP contribution in [0.5, 0.6) is 0 Å². The Balaban J connectivity index is 1.66. The van der Waals surface area contributed by atoms with E-state index in [1.165, 1.54) is 19.4 Å². The first-order valence-corrected chi connectivity index (χ1v) is 8.09. The van der Waals surface area contributed by atoms with E-state index in [4.69, 9.17) is 28.9 Å². The first-order valence-electron chi connectivity index (χ1n) is 7.34. The molecule has 2 fully saturated rings. The first-order chi connectivity index (χ1) is 10.0. The van der Waals surface area contributed by atoms with Crippen LogP contribution in [0.1, 0.15) is 36.0 Å². The van der Waals surface area contributed by atoms with Gasteiger partial charge in [0.05, 0.1) is 15.7 Å². The number of benzene rings is 1. The van der Waals surface area contributed by atoms with E-state index in [0.717, 1.165) is 19.4 Å². The third kappa shape index (κ3) is 3.12. The quantitative estimate of drug-likeness (QED) is 0.821. The van der Waals surface area contributed by atoms with Crippen LogP contribution in [0, 0.1) is 0 Å². The standard InChI is InChI=1S/C15H19Cl2N3O/c16-12-6-9(7-13(17)14(12)18)15(21)19-10-3-5-20-4-1-2-11(20)8-10/h6-7,10-11H,1-5,8,18H2,(H,19,21). The molecule has 4 nitrogen and oxygen atoms in total. The minimum atomic E-state index is -0.129. The van der Waals surface area contributed by atoms with Crippen molar-refractivity contribution in [1.29, 1.82) is 0 Å². The van der Waals surface area contributed by atoms with Crippen molar-refractivity contribution in [3.8, 4) is 0 Å². The Morgan fingerprint density at radius 3 is 2.67 bits per heavy atom. The number of nitrogens with one attached hydrogen (secondary N) is 1. The molecule has 0 aliphatic carbocycles. The van der Waals surface area contributed by atoms with E-state index in [9.17, 15) is 4.79 Å². The summed E-state index contributed by atoms with van der Waals surface area (Å²) in [5, 5.41) is 3.73.